The summed E-state index contributed by atoms with van der Waals surface area (Å²) in [6.07, 6.45) is 5.84. The Kier molecular flexibility index (Phi) is 6.11. The largest absolute Gasteiger partial charge is 0.465 e. The maximum absolute atomic E-state index is 13.1. The predicted octanol–water partition coefficient (Wildman–Crippen LogP) is 4.63. The quantitative estimate of drug-likeness (QED) is 0.531. The fourth-order valence-corrected chi connectivity index (χ4v) is 4.24. The fraction of sp³-hybridized carbons (Fsp3) is 0.565. The standard InChI is InChI=1S/C23H30N2O3/c1-5-6-9-12-28-22(27)19-15(2)25-17-13-23(3,4)14-18(26)20(17)21(19)16-10-7-8-11-24-16/h7-8,10-11,19,21H,5-6,9,12-14H2,1-4H3/t19?,21-/m1/s1. The maximum Gasteiger partial charge on any atom is 0.315 e. The van der Waals surface area contributed by atoms with Crippen LogP contribution in [0.25, 0.3) is 0 Å². The number of hydrogen-bond donors (Lipinski definition) is 0. The molecule has 1 aromatic rings. The number of unbranched alkanes of at least 4 members (excludes halogenated alkanes) is 2. The van der Waals surface area contributed by atoms with Crippen molar-refractivity contribution in [2.45, 2.75) is 65.7 Å². The van der Waals surface area contributed by atoms with Gasteiger partial charge in [0.1, 0.15) is 5.92 Å². The Morgan fingerprint density at radius 1 is 1.25 bits per heavy atom. The van der Waals surface area contributed by atoms with Crippen LogP contribution in [0, 0.1) is 11.3 Å². The van der Waals surface area contributed by atoms with E-state index < -0.39 is 11.8 Å². The third-order valence-electron chi connectivity index (χ3n) is 5.55. The summed E-state index contributed by atoms with van der Waals surface area (Å²) in [6, 6.07) is 5.62. The third-order valence-corrected chi connectivity index (χ3v) is 5.55. The second-order valence-corrected chi connectivity index (χ2v) is 8.64. The zero-order valence-electron chi connectivity index (χ0n) is 17.3. The molecule has 0 aromatic carbocycles. The van der Waals surface area contributed by atoms with Crippen LogP contribution >= 0.6 is 0 Å². The number of carbonyl (C=O) groups excluding carboxylic acids is 2. The van der Waals surface area contributed by atoms with Crippen LogP contribution < -0.4 is 0 Å². The molecule has 5 heteroatoms. The van der Waals surface area contributed by atoms with Crippen molar-refractivity contribution in [2.24, 2.45) is 16.3 Å². The summed E-state index contributed by atoms with van der Waals surface area (Å²) in [7, 11) is 0. The van der Waals surface area contributed by atoms with Crippen molar-refractivity contribution in [3.05, 3.63) is 41.4 Å². The van der Waals surface area contributed by atoms with Gasteiger partial charge in [0.25, 0.3) is 0 Å². The molecule has 3 rings (SSSR count). The minimum Gasteiger partial charge on any atom is -0.465 e. The highest BCUT2D eigenvalue weighted by Crippen LogP contribution is 2.47. The van der Waals surface area contributed by atoms with E-state index in [1.807, 2.05) is 25.1 Å². The summed E-state index contributed by atoms with van der Waals surface area (Å²) in [5.74, 6) is -1.25. The van der Waals surface area contributed by atoms with Crippen molar-refractivity contribution in [1.82, 2.24) is 4.98 Å². The van der Waals surface area contributed by atoms with Crippen LogP contribution in [0.1, 0.15) is 71.4 Å². The number of pyridine rings is 1. The van der Waals surface area contributed by atoms with Crippen LogP contribution in [0.15, 0.2) is 40.7 Å². The van der Waals surface area contributed by atoms with Gasteiger partial charge in [-0.05, 0) is 37.3 Å². The molecule has 0 radical (unpaired) electrons. The first kappa shape index (κ1) is 20.4. The van der Waals surface area contributed by atoms with Crippen LogP contribution in [0.4, 0.5) is 0 Å². The molecule has 2 heterocycles. The summed E-state index contributed by atoms with van der Waals surface area (Å²) in [6.45, 7) is 8.55. The summed E-state index contributed by atoms with van der Waals surface area (Å²) in [5, 5.41) is 0. The normalized spacial score (nSPS) is 23.9. The molecule has 1 aliphatic carbocycles. The van der Waals surface area contributed by atoms with Crippen LogP contribution in [0.2, 0.25) is 0 Å². The molecular formula is C23H30N2O3. The lowest BCUT2D eigenvalue weighted by Gasteiger charge is -2.38. The topological polar surface area (TPSA) is 68.6 Å². The Morgan fingerprint density at radius 2 is 2.04 bits per heavy atom. The summed E-state index contributed by atoms with van der Waals surface area (Å²) >= 11 is 0. The highest BCUT2D eigenvalue weighted by atomic mass is 16.5. The highest BCUT2D eigenvalue weighted by molar-refractivity contribution is 6.08. The van der Waals surface area contributed by atoms with Gasteiger partial charge in [-0.15, -0.1) is 0 Å². The molecule has 0 bridgehead atoms. The van der Waals surface area contributed by atoms with E-state index in [2.05, 4.69) is 25.8 Å². The van der Waals surface area contributed by atoms with E-state index in [9.17, 15) is 9.59 Å². The molecule has 28 heavy (non-hydrogen) atoms. The average Bonchev–Trinajstić information content (AvgIpc) is 2.63. The third kappa shape index (κ3) is 4.23. The minimum absolute atomic E-state index is 0.0712. The second kappa shape index (κ2) is 8.38. The monoisotopic (exact) mass is 382 g/mol. The Labute approximate surface area is 167 Å². The van der Waals surface area contributed by atoms with E-state index >= 15 is 0 Å². The van der Waals surface area contributed by atoms with Crippen molar-refractivity contribution < 1.29 is 14.3 Å². The number of ether oxygens (including phenoxy) is 1. The Morgan fingerprint density at radius 3 is 2.71 bits per heavy atom. The molecule has 0 saturated heterocycles. The molecule has 1 aliphatic heterocycles. The van der Waals surface area contributed by atoms with Gasteiger partial charge < -0.3 is 4.74 Å². The van der Waals surface area contributed by atoms with Crippen molar-refractivity contribution >= 4 is 17.5 Å². The molecular weight excluding hydrogens is 352 g/mol. The number of ketones is 1. The van der Waals surface area contributed by atoms with E-state index in [0.29, 0.717) is 24.3 Å². The smallest absolute Gasteiger partial charge is 0.315 e. The molecule has 1 unspecified atom stereocenters. The molecule has 1 aromatic heterocycles. The van der Waals surface area contributed by atoms with Gasteiger partial charge in [0.15, 0.2) is 5.78 Å². The van der Waals surface area contributed by atoms with Gasteiger partial charge in [-0.1, -0.05) is 39.7 Å². The van der Waals surface area contributed by atoms with Gasteiger partial charge in [-0.25, -0.2) is 0 Å². The highest BCUT2D eigenvalue weighted by Gasteiger charge is 2.46. The Balaban J connectivity index is 1.99. The first-order chi connectivity index (χ1) is 13.3. The van der Waals surface area contributed by atoms with Crippen molar-refractivity contribution in [3.8, 4) is 0 Å². The number of allylic oxidation sites excluding steroid dienone is 2. The van der Waals surface area contributed by atoms with Crippen molar-refractivity contribution in [1.29, 1.82) is 0 Å². The molecule has 150 valence electrons. The van der Waals surface area contributed by atoms with Crippen LogP contribution in [-0.2, 0) is 14.3 Å². The number of rotatable bonds is 6. The minimum atomic E-state index is -0.597. The average molecular weight is 383 g/mol. The molecule has 0 saturated carbocycles. The van der Waals surface area contributed by atoms with E-state index in [0.717, 1.165) is 37.1 Å². The zero-order valence-corrected chi connectivity index (χ0v) is 17.3. The Bertz CT molecular complexity index is 808. The second-order valence-electron chi connectivity index (χ2n) is 8.64. The molecule has 0 N–H and O–H groups in total. The number of esters is 1. The predicted molar refractivity (Wildman–Crippen MR) is 109 cm³/mol. The molecule has 0 spiro atoms. The van der Waals surface area contributed by atoms with Gasteiger partial charge in [0, 0.05) is 35.3 Å². The van der Waals surface area contributed by atoms with Gasteiger partial charge in [-0.3, -0.25) is 19.6 Å². The van der Waals surface area contributed by atoms with Crippen molar-refractivity contribution in [3.63, 3.8) is 0 Å². The number of aromatic nitrogens is 1. The van der Waals surface area contributed by atoms with Crippen molar-refractivity contribution in [2.75, 3.05) is 6.61 Å². The zero-order chi connectivity index (χ0) is 20.3. The van der Waals surface area contributed by atoms with Gasteiger partial charge in [-0.2, -0.15) is 0 Å². The van der Waals surface area contributed by atoms with E-state index in [1.54, 1.807) is 6.20 Å². The SMILES string of the molecule is CCCCCOC(=O)C1C(C)=NC2=C(C(=O)CC(C)(C)C2)[C@@H]1c1ccccn1. The van der Waals surface area contributed by atoms with Crippen LogP contribution in [0.5, 0.6) is 0 Å². The number of aliphatic imine (C=N–C) groups is 1. The first-order valence-corrected chi connectivity index (χ1v) is 10.2. The van der Waals surface area contributed by atoms with Crippen LogP contribution in [-0.4, -0.2) is 29.1 Å². The maximum atomic E-state index is 13.1. The van der Waals surface area contributed by atoms with Gasteiger partial charge in [0.05, 0.1) is 12.5 Å². The number of Topliss-reactive ketones (excluding diaryl/α,β-unsaturated/α-hetero) is 1. The lowest BCUT2D eigenvalue weighted by Crippen LogP contribution is -2.39. The lowest BCUT2D eigenvalue weighted by atomic mass is 9.67. The van der Waals surface area contributed by atoms with E-state index in [4.69, 9.17) is 9.73 Å². The summed E-state index contributed by atoms with van der Waals surface area (Å²) < 4.78 is 5.58. The first-order valence-electron chi connectivity index (χ1n) is 10.2. The van der Waals surface area contributed by atoms with Gasteiger partial charge in [0.2, 0.25) is 0 Å². The number of carbonyl (C=O) groups is 2. The number of nitrogens with zero attached hydrogens (tertiary/aromatic N) is 2. The molecule has 0 amide bonds. The van der Waals surface area contributed by atoms with Gasteiger partial charge >= 0.3 is 5.97 Å². The fourth-order valence-electron chi connectivity index (χ4n) is 4.24. The molecule has 5 nitrogen and oxygen atoms in total. The summed E-state index contributed by atoms with van der Waals surface area (Å²) in [4.78, 5) is 35.3. The van der Waals surface area contributed by atoms with Crippen LogP contribution in [0.3, 0.4) is 0 Å². The lowest BCUT2D eigenvalue weighted by molar-refractivity contribution is -0.146. The molecule has 0 fully saturated rings. The molecule has 2 aliphatic rings. The van der Waals surface area contributed by atoms with E-state index in [1.165, 1.54) is 0 Å². The molecule has 2 atom stereocenters. The summed E-state index contributed by atoms with van der Waals surface area (Å²) in [5.41, 5.74) is 2.78. The Hall–Kier alpha value is -2.30. The number of hydrogen-bond acceptors (Lipinski definition) is 5. The van der Waals surface area contributed by atoms with E-state index in [-0.39, 0.29) is 17.2 Å².